The molecule has 2 fully saturated rings. The van der Waals surface area contributed by atoms with Crippen LogP contribution in [0.2, 0.25) is 0 Å². The zero-order valence-electron chi connectivity index (χ0n) is 22.3. The summed E-state index contributed by atoms with van der Waals surface area (Å²) >= 11 is 1.36. The van der Waals surface area contributed by atoms with Crippen molar-refractivity contribution in [1.82, 2.24) is 14.1 Å². The van der Waals surface area contributed by atoms with E-state index in [0.29, 0.717) is 17.8 Å². The minimum Gasteiger partial charge on any atom is -0.394 e. The van der Waals surface area contributed by atoms with Crippen molar-refractivity contribution in [2.45, 2.75) is 43.0 Å². The first-order chi connectivity index (χ1) is 19.4. The van der Waals surface area contributed by atoms with Gasteiger partial charge >= 0.3 is 0 Å². The molecule has 2 amide bonds. The van der Waals surface area contributed by atoms with E-state index in [9.17, 15) is 23.1 Å². The predicted molar refractivity (Wildman–Crippen MR) is 155 cm³/mol. The lowest BCUT2D eigenvalue weighted by Crippen LogP contribution is -2.64. The number of amides is 2. The molecule has 2 aliphatic heterocycles. The van der Waals surface area contributed by atoms with Crippen molar-refractivity contribution < 1.29 is 23.1 Å². The number of thiophene rings is 1. The molecule has 0 radical (unpaired) electrons. The Labute approximate surface area is 239 Å². The highest BCUT2D eigenvalue weighted by Crippen LogP contribution is 2.30. The number of rotatable bonds is 8. The van der Waals surface area contributed by atoms with Gasteiger partial charge in [-0.05, 0) is 41.8 Å². The summed E-state index contributed by atoms with van der Waals surface area (Å²) in [5.74, 6) is -1.28. The van der Waals surface area contributed by atoms with Crippen molar-refractivity contribution in [3.8, 4) is 0 Å². The normalized spacial score (nSPS) is 20.6. The topological polar surface area (TPSA) is 98.2 Å². The van der Waals surface area contributed by atoms with Gasteiger partial charge in [0.05, 0.1) is 24.3 Å². The van der Waals surface area contributed by atoms with E-state index in [4.69, 9.17) is 0 Å². The van der Waals surface area contributed by atoms with Crippen LogP contribution in [-0.4, -0.2) is 84.3 Å². The van der Waals surface area contributed by atoms with Crippen molar-refractivity contribution in [3.63, 3.8) is 0 Å². The average Bonchev–Trinajstić information content (AvgIpc) is 3.50. The van der Waals surface area contributed by atoms with Gasteiger partial charge in [0.2, 0.25) is 21.8 Å². The number of aliphatic hydroxyl groups is 1. The summed E-state index contributed by atoms with van der Waals surface area (Å²) in [6.07, 6.45) is 2.37. The van der Waals surface area contributed by atoms with Gasteiger partial charge in [-0.25, -0.2) is 8.42 Å². The van der Waals surface area contributed by atoms with Gasteiger partial charge in [0.25, 0.3) is 0 Å². The predicted octanol–water partition coefficient (Wildman–Crippen LogP) is 3.30. The summed E-state index contributed by atoms with van der Waals surface area (Å²) in [7, 11) is -3.84. The number of piperidine rings is 1. The number of sulfonamides is 1. The maximum Gasteiger partial charge on any atom is 0.243 e. The second-order valence-electron chi connectivity index (χ2n) is 10.4. The highest BCUT2D eigenvalue weighted by Gasteiger charge is 2.44. The third-order valence-electron chi connectivity index (χ3n) is 7.82. The zero-order chi connectivity index (χ0) is 28.1. The van der Waals surface area contributed by atoms with Gasteiger partial charge in [0, 0.05) is 31.1 Å². The van der Waals surface area contributed by atoms with Crippen LogP contribution in [0.5, 0.6) is 0 Å². The Morgan fingerprint density at radius 3 is 2.17 bits per heavy atom. The molecular weight excluding hydrogens is 546 g/mol. The van der Waals surface area contributed by atoms with E-state index >= 15 is 0 Å². The molecule has 1 N–H and O–H groups in total. The number of aliphatic hydroxyl groups excluding tert-OH is 1. The third-order valence-corrected chi connectivity index (χ3v) is 10.7. The van der Waals surface area contributed by atoms with Gasteiger partial charge in [0.1, 0.15) is 6.04 Å². The van der Waals surface area contributed by atoms with Crippen molar-refractivity contribution in [2.75, 3.05) is 32.8 Å². The molecule has 2 unspecified atom stereocenters. The Bertz CT molecular complexity index is 1340. The minimum absolute atomic E-state index is 0.0315. The van der Waals surface area contributed by atoms with Crippen LogP contribution in [0.1, 0.15) is 41.2 Å². The molecule has 0 aliphatic carbocycles. The first-order valence-corrected chi connectivity index (χ1v) is 16.2. The molecule has 3 aromatic rings. The molecule has 8 nitrogen and oxygen atoms in total. The number of hydrogen-bond donors (Lipinski definition) is 1. The van der Waals surface area contributed by atoms with E-state index in [1.807, 2.05) is 72.1 Å². The zero-order valence-corrected chi connectivity index (χ0v) is 24.0. The van der Waals surface area contributed by atoms with E-state index in [1.165, 1.54) is 15.6 Å². The van der Waals surface area contributed by atoms with Gasteiger partial charge in [-0.1, -0.05) is 66.7 Å². The Hall–Kier alpha value is -3.05. The number of benzene rings is 2. The van der Waals surface area contributed by atoms with E-state index < -0.39 is 22.0 Å². The molecule has 212 valence electrons. The van der Waals surface area contributed by atoms with Crippen LogP contribution in [0.3, 0.4) is 0 Å². The van der Waals surface area contributed by atoms with Gasteiger partial charge < -0.3 is 14.9 Å². The van der Waals surface area contributed by atoms with Crippen molar-refractivity contribution in [3.05, 3.63) is 94.2 Å². The van der Waals surface area contributed by atoms with Crippen LogP contribution < -0.4 is 0 Å². The van der Waals surface area contributed by atoms with E-state index in [0.717, 1.165) is 24.0 Å². The number of nitrogens with zero attached hydrogens (tertiary/aromatic N) is 3. The summed E-state index contributed by atoms with van der Waals surface area (Å²) in [4.78, 5) is 32.2. The van der Waals surface area contributed by atoms with Crippen LogP contribution in [0.25, 0.3) is 0 Å². The molecule has 1 aromatic heterocycles. The molecule has 2 atom stereocenters. The first kappa shape index (κ1) is 28.5. The number of piperazine rings is 1. The largest absolute Gasteiger partial charge is 0.394 e. The Morgan fingerprint density at radius 1 is 0.900 bits per heavy atom. The molecular formula is C30H35N3O5S2. The fourth-order valence-corrected chi connectivity index (χ4v) is 8.52. The summed E-state index contributed by atoms with van der Waals surface area (Å²) < 4.78 is 28.6. The van der Waals surface area contributed by atoms with E-state index in [2.05, 4.69) is 0 Å². The van der Waals surface area contributed by atoms with Crippen LogP contribution in [0.15, 0.2) is 78.2 Å². The Kier molecular flexibility index (Phi) is 9.00. The molecule has 2 saturated heterocycles. The Morgan fingerprint density at radius 2 is 1.57 bits per heavy atom. The lowest BCUT2D eigenvalue weighted by atomic mass is 9.89. The number of likely N-dealkylation sites (tertiary alicyclic amines) is 1. The molecule has 5 rings (SSSR count). The lowest BCUT2D eigenvalue weighted by Gasteiger charge is -2.44. The number of carbonyl (C=O) groups excluding carboxylic acids is 2. The van der Waals surface area contributed by atoms with Crippen LogP contribution >= 0.6 is 11.3 Å². The van der Waals surface area contributed by atoms with Gasteiger partial charge in [-0.15, -0.1) is 11.3 Å². The van der Waals surface area contributed by atoms with E-state index in [-0.39, 0.29) is 49.9 Å². The SMILES string of the molecule is O=C(C(c1ccccc1)c1ccccc1)N1CCN(S(=O)(=O)Cc2cccs2)C(C(=O)N2CCCCC2CO)C1. The second kappa shape index (κ2) is 12.6. The van der Waals surface area contributed by atoms with Crippen molar-refractivity contribution in [2.24, 2.45) is 0 Å². The molecule has 2 aliphatic rings. The molecule has 0 saturated carbocycles. The summed E-state index contributed by atoms with van der Waals surface area (Å²) in [5, 5.41) is 11.8. The summed E-state index contributed by atoms with van der Waals surface area (Å²) in [5.41, 5.74) is 1.68. The maximum absolute atomic E-state index is 14.2. The number of carbonyl (C=O) groups is 2. The average molecular weight is 582 g/mol. The molecule has 40 heavy (non-hydrogen) atoms. The van der Waals surface area contributed by atoms with Crippen LogP contribution in [-0.2, 0) is 25.4 Å². The maximum atomic E-state index is 14.2. The quantitative estimate of drug-likeness (QED) is 0.440. The molecule has 10 heteroatoms. The van der Waals surface area contributed by atoms with E-state index in [1.54, 1.807) is 15.9 Å². The fourth-order valence-electron chi connectivity index (χ4n) is 5.78. The fraction of sp³-hybridized carbons (Fsp3) is 0.400. The lowest BCUT2D eigenvalue weighted by molar-refractivity contribution is -0.144. The third kappa shape index (κ3) is 6.15. The highest BCUT2D eigenvalue weighted by molar-refractivity contribution is 7.88. The monoisotopic (exact) mass is 581 g/mol. The van der Waals surface area contributed by atoms with Crippen molar-refractivity contribution >= 4 is 33.2 Å². The molecule has 2 aromatic carbocycles. The van der Waals surface area contributed by atoms with Gasteiger partial charge in [0.15, 0.2) is 0 Å². The van der Waals surface area contributed by atoms with Crippen LogP contribution in [0, 0.1) is 0 Å². The van der Waals surface area contributed by atoms with Gasteiger partial charge in [-0.2, -0.15) is 4.31 Å². The molecule has 3 heterocycles. The van der Waals surface area contributed by atoms with Crippen LogP contribution in [0.4, 0.5) is 0 Å². The van der Waals surface area contributed by atoms with Crippen molar-refractivity contribution in [1.29, 1.82) is 0 Å². The minimum atomic E-state index is -3.84. The molecule has 0 bridgehead atoms. The smallest absolute Gasteiger partial charge is 0.243 e. The highest BCUT2D eigenvalue weighted by atomic mass is 32.2. The summed E-state index contributed by atoms with van der Waals surface area (Å²) in [6.45, 7) is 0.471. The first-order valence-electron chi connectivity index (χ1n) is 13.7. The second-order valence-corrected chi connectivity index (χ2v) is 13.3. The molecule has 0 spiro atoms. The standard InChI is InChI=1S/C30H35N3O5S2/c34-21-25-14-7-8-16-32(25)29(35)27-20-31(17-18-33(27)40(37,38)22-26-15-9-19-39-26)30(36)28(23-10-3-1-4-11-23)24-12-5-2-6-13-24/h1-6,9-13,15,19,25,27-28,34H,7-8,14,16-18,20-22H2. The summed E-state index contributed by atoms with van der Waals surface area (Å²) in [6, 6.07) is 21.2. The Balaban J connectivity index is 1.47. The van der Waals surface area contributed by atoms with Gasteiger partial charge in [-0.3, -0.25) is 9.59 Å². The number of hydrogen-bond acceptors (Lipinski definition) is 6.